The maximum Gasteiger partial charge on any atom is 0.322 e. The van der Waals surface area contributed by atoms with Crippen LogP contribution in [-0.2, 0) is 0 Å². The summed E-state index contributed by atoms with van der Waals surface area (Å²) in [4.78, 5) is 16.5. The van der Waals surface area contributed by atoms with Gasteiger partial charge >= 0.3 is 6.03 Å². The third-order valence-corrected chi connectivity index (χ3v) is 6.32. The minimum absolute atomic E-state index is 0.198. The Hall–Kier alpha value is -3.35. The van der Waals surface area contributed by atoms with E-state index in [0.717, 1.165) is 17.1 Å². The molecule has 0 atom stereocenters. The second-order valence-corrected chi connectivity index (χ2v) is 8.71. The van der Waals surface area contributed by atoms with Gasteiger partial charge in [-0.05, 0) is 47.2 Å². The zero-order valence-corrected chi connectivity index (χ0v) is 19.2. The summed E-state index contributed by atoms with van der Waals surface area (Å²) in [6.45, 7) is 2.47. The fourth-order valence-electron chi connectivity index (χ4n) is 3.92. The van der Waals surface area contributed by atoms with Crippen molar-refractivity contribution in [2.45, 2.75) is 0 Å². The average Bonchev–Trinajstić information content (AvgIpc) is 2.86. The number of piperazine rings is 1. The fraction of sp³-hybridized carbons (Fsp3) is 0.160. The van der Waals surface area contributed by atoms with E-state index in [0.29, 0.717) is 41.9 Å². The molecule has 1 N–H and O–H groups in total. The van der Waals surface area contributed by atoms with Gasteiger partial charge in [-0.25, -0.2) is 4.79 Å². The molecule has 2 heterocycles. The summed E-state index contributed by atoms with van der Waals surface area (Å²) in [5.41, 5.74) is 2.38. The van der Waals surface area contributed by atoms with Gasteiger partial charge in [0.2, 0.25) is 0 Å². The van der Waals surface area contributed by atoms with Crippen LogP contribution in [-0.4, -0.2) is 47.3 Å². The maximum atomic E-state index is 12.6. The Bertz CT molecular complexity index is 1300. The molecule has 6 nitrogen and oxygen atoms in total. The molecular formula is C25H21Cl2N5O. The lowest BCUT2D eigenvalue weighted by Gasteiger charge is -2.35. The first-order valence-corrected chi connectivity index (χ1v) is 11.4. The number of halogens is 2. The van der Waals surface area contributed by atoms with Crippen LogP contribution in [0.2, 0.25) is 10.0 Å². The van der Waals surface area contributed by atoms with E-state index in [4.69, 9.17) is 23.2 Å². The van der Waals surface area contributed by atoms with Gasteiger partial charge in [-0.3, -0.25) is 0 Å². The highest BCUT2D eigenvalue weighted by atomic mass is 35.5. The number of nitrogens with one attached hydrogen (secondary N) is 1. The van der Waals surface area contributed by atoms with E-state index in [9.17, 15) is 4.79 Å². The van der Waals surface area contributed by atoms with Gasteiger partial charge in [-0.15, -0.1) is 10.2 Å². The number of aromatic nitrogens is 2. The van der Waals surface area contributed by atoms with E-state index < -0.39 is 0 Å². The molecule has 1 saturated heterocycles. The van der Waals surface area contributed by atoms with Crippen LogP contribution >= 0.6 is 23.2 Å². The molecule has 166 valence electrons. The lowest BCUT2D eigenvalue weighted by atomic mass is 10.1. The molecule has 1 aliphatic heterocycles. The number of carbonyl (C=O) groups is 1. The second-order valence-electron chi connectivity index (χ2n) is 7.87. The van der Waals surface area contributed by atoms with Gasteiger partial charge in [0.1, 0.15) is 0 Å². The number of nitrogens with zero attached hydrogens (tertiary/aromatic N) is 4. The van der Waals surface area contributed by atoms with Gasteiger partial charge in [0, 0.05) is 36.8 Å². The summed E-state index contributed by atoms with van der Waals surface area (Å²) >= 11 is 12.2. The van der Waals surface area contributed by atoms with Crippen LogP contribution in [0.5, 0.6) is 0 Å². The predicted molar refractivity (Wildman–Crippen MR) is 134 cm³/mol. The first-order chi connectivity index (χ1) is 16.1. The van der Waals surface area contributed by atoms with Gasteiger partial charge in [0.15, 0.2) is 5.82 Å². The number of fused-ring (bicyclic) bond motifs is 1. The summed E-state index contributed by atoms with van der Waals surface area (Å²) in [6, 6.07) is 23.3. The molecule has 8 heteroatoms. The molecule has 0 aliphatic carbocycles. The van der Waals surface area contributed by atoms with Crippen molar-refractivity contribution in [1.29, 1.82) is 0 Å². The third kappa shape index (κ3) is 4.72. The molecular weight excluding hydrogens is 457 g/mol. The van der Waals surface area contributed by atoms with Crippen LogP contribution in [0, 0.1) is 0 Å². The molecule has 0 radical (unpaired) electrons. The van der Waals surface area contributed by atoms with Gasteiger partial charge in [-0.2, -0.15) is 0 Å². The van der Waals surface area contributed by atoms with Crippen molar-refractivity contribution in [2.75, 3.05) is 36.4 Å². The Morgan fingerprint density at radius 3 is 2.36 bits per heavy atom. The normalized spacial score (nSPS) is 13.9. The number of hydrogen-bond acceptors (Lipinski definition) is 4. The largest absolute Gasteiger partial charge is 0.352 e. The molecule has 0 unspecified atom stereocenters. The summed E-state index contributed by atoms with van der Waals surface area (Å²) in [6.07, 6.45) is 0. The first-order valence-electron chi connectivity index (χ1n) is 10.7. The molecule has 0 spiro atoms. The fourth-order valence-corrected chi connectivity index (χ4v) is 4.26. The zero-order chi connectivity index (χ0) is 22.8. The Morgan fingerprint density at radius 2 is 1.61 bits per heavy atom. The van der Waals surface area contributed by atoms with Crippen LogP contribution < -0.4 is 10.2 Å². The van der Waals surface area contributed by atoms with Crippen LogP contribution in [0.3, 0.4) is 0 Å². The monoisotopic (exact) mass is 477 g/mol. The molecule has 5 rings (SSSR count). The highest BCUT2D eigenvalue weighted by Gasteiger charge is 2.23. The number of amides is 2. The number of hydrogen-bond donors (Lipinski definition) is 1. The van der Waals surface area contributed by atoms with E-state index in [1.165, 1.54) is 10.8 Å². The predicted octanol–water partition coefficient (Wildman–Crippen LogP) is 5.96. The maximum absolute atomic E-state index is 12.6. The topological polar surface area (TPSA) is 61.4 Å². The number of urea groups is 1. The Morgan fingerprint density at radius 1 is 0.818 bits per heavy atom. The minimum Gasteiger partial charge on any atom is -0.352 e. The van der Waals surface area contributed by atoms with Crippen molar-refractivity contribution >= 4 is 51.5 Å². The van der Waals surface area contributed by atoms with Crippen molar-refractivity contribution in [1.82, 2.24) is 15.1 Å². The number of anilines is 2. The molecule has 4 aromatic rings. The molecule has 0 bridgehead atoms. The molecule has 1 aliphatic rings. The van der Waals surface area contributed by atoms with Crippen LogP contribution in [0.15, 0.2) is 72.8 Å². The lowest BCUT2D eigenvalue weighted by Crippen LogP contribution is -2.50. The standard InChI is InChI=1S/C25H21Cl2N5O/c26-20-7-8-21(27)23(16-20)28-25(33)32-13-11-31(12-14-32)24-10-9-22(29-30-24)19-6-5-17-3-1-2-4-18(17)15-19/h1-10,15-16H,11-14H2,(H,28,33). The quantitative estimate of drug-likeness (QED) is 0.395. The lowest BCUT2D eigenvalue weighted by molar-refractivity contribution is 0.208. The molecule has 33 heavy (non-hydrogen) atoms. The highest BCUT2D eigenvalue weighted by molar-refractivity contribution is 6.35. The number of benzene rings is 3. The summed E-state index contributed by atoms with van der Waals surface area (Å²) in [5, 5.41) is 15.1. The van der Waals surface area contributed by atoms with E-state index in [1.807, 2.05) is 24.3 Å². The van der Waals surface area contributed by atoms with E-state index >= 15 is 0 Å². The highest BCUT2D eigenvalue weighted by Crippen LogP contribution is 2.26. The van der Waals surface area contributed by atoms with Crippen molar-refractivity contribution in [3.05, 3.63) is 82.8 Å². The van der Waals surface area contributed by atoms with Crippen LogP contribution in [0.1, 0.15) is 0 Å². The zero-order valence-electron chi connectivity index (χ0n) is 17.7. The third-order valence-electron chi connectivity index (χ3n) is 5.76. The van der Waals surface area contributed by atoms with Crippen molar-refractivity contribution in [3.63, 3.8) is 0 Å². The van der Waals surface area contributed by atoms with E-state index in [2.05, 4.69) is 50.7 Å². The molecule has 0 saturated carbocycles. The molecule has 1 aromatic heterocycles. The second kappa shape index (κ2) is 9.25. The summed E-state index contributed by atoms with van der Waals surface area (Å²) in [5.74, 6) is 0.803. The van der Waals surface area contributed by atoms with Gasteiger partial charge in [-0.1, -0.05) is 59.6 Å². The average molecular weight is 478 g/mol. The Labute approximate surface area is 201 Å². The van der Waals surface area contributed by atoms with Crippen molar-refractivity contribution in [2.24, 2.45) is 0 Å². The first kappa shape index (κ1) is 21.5. The molecule has 2 amide bonds. The van der Waals surface area contributed by atoms with Gasteiger partial charge in [0.05, 0.1) is 16.4 Å². The molecule has 1 fully saturated rings. The van der Waals surface area contributed by atoms with Crippen LogP contribution in [0.4, 0.5) is 16.3 Å². The number of rotatable bonds is 3. The molecule has 3 aromatic carbocycles. The summed E-state index contributed by atoms with van der Waals surface area (Å²) < 4.78 is 0. The van der Waals surface area contributed by atoms with E-state index in [1.54, 1.807) is 23.1 Å². The van der Waals surface area contributed by atoms with Gasteiger partial charge < -0.3 is 15.1 Å². The summed E-state index contributed by atoms with van der Waals surface area (Å²) in [7, 11) is 0. The Kier molecular flexibility index (Phi) is 6.03. The van der Waals surface area contributed by atoms with Gasteiger partial charge in [0.25, 0.3) is 0 Å². The van der Waals surface area contributed by atoms with Crippen molar-refractivity contribution < 1.29 is 4.79 Å². The number of carbonyl (C=O) groups excluding carboxylic acids is 1. The van der Waals surface area contributed by atoms with Crippen molar-refractivity contribution in [3.8, 4) is 11.3 Å². The minimum atomic E-state index is -0.198. The van der Waals surface area contributed by atoms with Crippen LogP contribution in [0.25, 0.3) is 22.0 Å². The smallest absolute Gasteiger partial charge is 0.322 e. The Balaban J connectivity index is 1.22. The SMILES string of the molecule is O=C(Nc1cc(Cl)ccc1Cl)N1CCN(c2ccc(-c3ccc4ccccc4c3)nn2)CC1. The van der Waals surface area contributed by atoms with E-state index in [-0.39, 0.29) is 6.03 Å².